The zero-order valence-corrected chi connectivity index (χ0v) is 9.62. The van der Waals surface area contributed by atoms with Crippen LogP contribution in [0.2, 0.25) is 0 Å². The van der Waals surface area contributed by atoms with Crippen LogP contribution in [0.25, 0.3) is 0 Å². The molecule has 0 amide bonds. The van der Waals surface area contributed by atoms with Crippen LogP contribution in [0.4, 0.5) is 0 Å². The minimum absolute atomic E-state index is 0.222. The van der Waals surface area contributed by atoms with Gasteiger partial charge in [-0.1, -0.05) is 19.8 Å². The smallest absolute Gasteiger partial charge is 0.0401 e. The minimum atomic E-state index is 0.222. The van der Waals surface area contributed by atoms with Gasteiger partial charge in [0.1, 0.15) is 0 Å². The summed E-state index contributed by atoms with van der Waals surface area (Å²) in [7, 11) is 0. The summed E-state index contributed by atoms with van der Waals surface area (Å²) in [6.45, 7) is 2.19. The second kappa shape index (κ2) is 5.00. The minimum Gasteiger partial charge on any atom is -0.323 e. The molecule has 1 rings (SSSR count). The fourth-order valence-corrected chi connectivity index (χ4v) is 2.83. The third kappa shape index (κ3) is 2.57. The number of hydrogen-bond acceptors (Lipinski definition) is 2. The molecular weight excluding hydrogens is 234 g/mol. The summed E-state index contributed by atoms with van der Waals surface area (Å²) in [6, 6.07) is 2.28. The average molecular weight is 248 g/mol. The first-order valence-corrected chi connectivity index (χ1v) is 5.91. The first kappa shape index (κ1) is 10.2. The molecule has 0 aliphatic rings. The monoisotopic (exact) mass is 247 g/mol. The summed E-state index contributed by atoms with van der Waals surface area (Å²) >= 11 is 5.23. The van der Waals surface area contributed by atoms with Gasteiger partial charge in [0.25, 0.3) is 0 Å². The first-order chi connectivity index (χ1) is 5.75. The second-order valence-corrected chi connectivity index (χ2v) is 4.68. The third-order valence-electron chi connectivity index (χ3n) is 1.85. The number of unbranched alkanes of at least 4 members (excludes halogenated alkanes) is 1. The van der Waals surface area contributed by atoms with Crippen LogP contribution < -0.4 is 5.73 Å². The SMILES string of the molecule is CCCCC(N)c1sccc1Br. The van der Waals surface area contributed by atoms with E-state index in [2.05, 4.69) is 34.3 Å². The van der Waals surface area contributed by atoms with Gasteiger partial charge in [-0.2, -0.15) is 0 Å². The zero-order chi connectivity index (χ0) is 8.97. The van der Waals surface area contributed by atoms with Crippen molar-refractivity contribution in [1.82, 2.24) is 0 Å². The van der Waals surface area contributed by atoms with Gasteiger partial charge in [0.15, 0.2) is 0 Å². The molecule has 12 heavy (non-hydrogen) atoms. The summed E-state index contributed by atoms with van der Waals surface area (Å²) in [6.07, 6.45) is 3.53. The normalized spacial score (nSPS) is 13.2. The molecule has 0 aromatic carbocycles. The molecule has 0 radical (unpaired) electrons. The first-order valence-electron chi connectivity index (χ1n) is 4.24. The van der Waals surface area contributed by atoms with E-state index in [0.717, 1.165) is 10.9 Å². The van der Waals surface area contributed by atoms with Gasteiger partial charge in [-0.3, -0.25) is 0 Å². The van der Waals surface area contributed by atoms with Crippen LogP contribution in [0.1, 0.15) is 37.1 Å². The molecule has 0 aliphatic heterocycles. The highest BCUT2D eigenvalue weighted by Crippen LogP contribution is 2.30. The Bertz CT molecular complexity index is 234. The average Bonchev–Trinajstić information content (AvgIpc) is 2.47. The number of nitrogens with two attached hydrogens (primary N) is 1. The quantitative estimate of drug-likeness (QED) is 0.863. The summed E-state index contributed by atoms with van der Waals surface area (Å²) in [4.78, 5) is 1.28. The number of halogens is 1. The van der Waals surface area contributed by atoms with Crippen molar-refractivity contribution in [3.8, 4) is 0 Å². The van der Waals surface area contributed by atoms with E-state index < -0.39 is 0 Å². The van der Waals surface area contributed by atoms with Crippen molar-refractivity contribution in [1.29, 1.82) is 0 Å². The maximum Gasteiger partial charge on any atom is 0.0401 e. The van der Waals surface area contributed by atoms with Crippen molar-refractivity contribution in [3.63, 3.8) is 0 Å². The Morgan fingerprint density at radius 1 is 1.67 bits per heavy atom. The molecule has 3 heteroatoms. The van der Waals surface area contributed by atoms with Gasteiger partial charge in [0.05, 0.1) is 0 Å². The molecule has 1 aromatic heterocycles. The lowest BCUT2D eigenvalue weighted by Crippen LogP contribution is -2.08. The molecule has 1 heterocycles. The largest absolute Gasteiger partial charge is 0.323 e. The number of thiophene rings is 1. The van der Waals surface area contributed by atoms with E-state index in [9.17, 15) is 0 Å². The Labute approximate surface area is 86.1 Å². The third-order valence-corrected chi connectivity index (χ3v) is 3.85. The molecule has 0 aliphatic carbocycles. The van der Waals surface area contributed by atoms with Crippen LogP contribution in [0.15, 0.2) is 15.9 Å². The standard InChI is InChI=1S/C9H14BrNS/c1-2-3-4-8(11)9-7(10)5-6-12-9/h5-6,8H,2-4,11H2,1H3. The summed E-state index contributed by atoms with van der Waals surface area (Å²) in [5.74, 6) is 0. The fourth-order valence-electron chi connectivity index (χ4n) is 1.13. The van der Waals surface area contributed by atoms with E-state index in [4.69, 9.17) is 5.73 Å². The van der Waals surface area contributed by atoms with Gasteiger partial charge in [-0.15, -0.1) is 11.3 Å². The van der Waals surface area contributed by atoms with Crippen molar-refractivity contribution < 1.29 is 0 Å². The number of hydrogen-bond donors (Lipinski definition) is 1. The molecule has 68 valence electrons. The maximum atomic E-state index is 6.01. The van der Waals surface area contributed by atoms with E-state index >= 15 is 0 Å². The Morgan fingerprint density at radius 2 is 2.42 bits per heavy atom. The van der Waals surface area contributed by atoms with Crippen LogP contribution in [-0.4, -0.2) is 0 Å². The van der Waals surface area contributed by atoms with Crippen molar-refractivity contribution in [2.45, 2.75) is 32.2 Å². The number of rotatable bonds is 4. The predicted molar refractivity (Wildman–Crippen MR) is 58.5 cm³/mol. The van der Waals surface area contributed by atoms with Crippen LogP contribution in [0, 0.1) is 0 Å². The molecule has 1 atom stereocenters. The van der Waals surface area contributed by atoms with Crippen LogP contribution in [0.3, 0.4) is 0 Å². The Morgan fingerprint density at radius 3 is 2.92 bits per heavy atom. The summed E-state index contributed by atoms with van der Waals surface area (Å²) in [5, 5.41) is 2.07. The highest BCUT2D eigenvalue weighted by atomic mass is 79.9. The van der Waals surface area contributed by atoms with Crippen LogP contribution >= 0.6 is 27.3 Å². The summed E-state index contributed by atoms with van der Waals surface area (Å²) < 4.78 is 1.16. The molecule has 2 N–H and O–H groups in total. The van der Waals surface area contributed by atoms with E-state index in [0.29, 0.717) is 0 Å². The van der Waals surface area contributed by atoms with Gasteiger partial charge in [0, 0.05) is 15.4 Å². The van der Waals surface area contributed by atoms with Gasteiger partial charge in [0.2, 0.25) is 0 Å². The lowest BCUT2D eigenvalue weighted by Gasteiger charge is -2.08. The van der Waals surface area contributed by atoms with E-state index in [-0.39, 0.29) is 6.04 Å². The van der Waals surface area contributed by atoms with Crippen molar-refractivity contribution in [2.24, 2.45) is 5.73 Å². The van der Waals surface area contributed by atoms with Gasteiger partial charge in [-0.25, -0.2) is 0 Å². The molecular formula is C9H14BrNS. The Balaban J connectivity index is 2.52. The molecule has 0 saturated carbocycles. The highest BCUT2D eigenvalue weighted by Gasteiger charge is 2.09. The zero-order valence-electron chi connectivity index (χ0n) is 7.22. The lowest BCUT2D eigenvalue weighted by atomic mass is 10.1. The van der Waals surface area contributed by atoms with Crippen molar-refractivity contribution in [2.75, 3.05) is 0 Å². The predicted octanol–water partition coefficient (Wildman–Crippen LogP) is 3.70. The molecule has 0 bridgehead atoms. The van der Waals surface area contributed by atoms with Gasteiger partial charge >= 0.3 is 0 Å². The van der Waals surface area contributed by atoms with Crippen molar-refractivity contribution >= 4 is 27.3 Å². The lowest BCUT2D eigenvalue weighted by molar-refractivity contribution is 0.610. The molecule has 1 nitrogen and oxygen atoms in total. The van der Waals surface area contributed by atoms with Crippen LogP contribution in [0.5, 0.6) is 0 Å². The molecule has 0 saturated heterocycles. The van der Waals surface area contributed by atoms with Crippen molar-refractivity contribution in [3.05, 3.63) is 20.8 Å². The Hall–Kier alpha value is 0.140. The molecule has 1 aromatic rings. The van der Waals surface area contributed by atoms with E-state index in [1.807, 2.05) is 0 Å². The van der Waals surface area contributed by atoms with Gasteiger partial charge in [-0.05, 0) is 33.8 Å². The molecule has 0 spiro atoms. The maximum absolute atomic E-state index is 6.01. The van der Waals surface area contributed by atoms with E-state index in [1.165, 1.54) is 17.7 Å². The van der Waals surface area contributed by atoms with Crippen LogP contribution in [-0.2, 0) is 0 Å². The highest BCUT2D eigenvalue weighted by molar-refractivity contribution is 9.10. The van der Waals surface area contributed by atoms with Gasteiger partial charge < -0.3 is 5.73 Å². The Kier molecular flexibility index (Phi) is 4.26. The molecule has 0 fully saturated rings. The summed E-state index contributed by atoms with van der Waals surface area (Å²) in [5.41, 5.74) is 6.01. The topological polar surface area (TPSA) is 26.0 Å². The second-order valence-electron chi connectivity index (χ2n) is 2.88. The van der Waals surface area contributed by atoms with E-state index in [1.54, 1.807) is 11.3 Å². The molecule has 1 unspecified atom stereocenters. The fraction of sp³-hybridized carbons (Fsp3) is 0.556.